The van der Waals surface area contributed by atoms with Crippen molar-refractivity contribution >= 4 is 41.5 Å². The van der Waals surface area contributed by atoms with Gasteiger partial charge in [0.1, 0.15) is 18.7 Å². The smallest absolute Gasteiger partial charge is 0.326 e. The molecule has 17 nitrogen and oxygen atoms in total. The van der Waals surface area contributed by atoms with Crippen molar-refractivity contribution in [2.24, 2.45) is 5.73 Å². The van der Waals surface area contributed by atoms with E-state index in [0.29, 0.717) is 25.8 Å². The lowest BCUT2D eigenvalue weighted by Crippen LogP contribution is -2.42. The van der Waals surface area contributed by atoms with Gasteiger partial charge < -0.3 is 51.8 Å². The lowest BCUT2D eigenvalue weighted by molar-refractivity contribution is -0.143. The van der Waals surface area contributed by atoms with Crippen LogP contribution >= 0.6 is 0 Å². The summed E-state index contributed by atoms with van der Waals surface area (Å²) in [6.45, 7) is 0.359. The average Bonchev–Trinajstić information content (AvgIpc) is 3.10. The number of ether oxygens (including phenoxy) is 2. The van der Waals surface area contributed by atoms with Crippen molar-refractivity contribution in [3.8, 4) is 0 Å². The highest BCUT2D eigenvalue weighted by Crippen LogP contribution is 2.13. The Morgan fingerprint density at radius 3 is 1.54 bits per heavy atom. The molecule has 0 aliphatic rings. The second-order valence-electron chi connectivity index (χ2n) is 12.7. The summed E-state index contributed by atoms with van der Waals surface area (Å²) < 4.78 is 10.5. The molecule has 0 heterocycles. The maximum atomic E-state index is 12.3. The van der Waals surface area contributed by atoms with Crippen LogP contribution in [0.5, 0.6) is 0 Å². The molecule has 0 aliphatic carbocycles. The number of hydrogen-bond acceptors (Lipinski definition) is 10. The lowest BCUT2D eigenvalue weighted by atomic mass is 10.0. The number of carbonyl (C=O) groups excluding carboxylic acids is 4. The first kappa shape index (κ1) is 48.2. The summed E-state index contributed by atoms with van der Waals surface area (Å²) in [5.74, 6) is -4.75. The van der Waals surface area contributed by atoms with Crippen molar-refractivity contribution in [3.05, 3.63) is 0 Å². The summed E-state index contributed by atoms with van der Waals surface area (Å²) in [6, 6.07) is -2.25. The molecule has 0 saturated carbocycles. The number of carboxylic acid groups (broad SMARTS) is 3. The molecule has 0 aromatic carbocycles. The van der Waals surface area contributed by atoms with Gasteiger partial charge in [0, 0.05) is 32.4 Å². The van der Waals surface area contributed by atoms with E-state index in [0.717, 1.165) is 57.8 Å². The maximum Gasteiger partial charge on any atom is 0.326 e. The summed E-state index contributed by atoms with van der Waals surface area (Å²) in [6.07, 6.45) is 13.7. The van der Waals surface area contributed by atoms with E-state index in [2.05, 4.69) is 21.3 Å². The minimum atomic E-state index is -1.21. The van der Waals surface area contributed by atoms with Crippen LogP contribution < -0.4 is 27.0 Å². The van der Waals surface area contributed by atoms with Crippen LogP contribution in [0.1, 0.15) is 122 Å². The van der Waals surface area contributed by atoms with E-state index >= 15 is 0 Å². The summed E-state index contributed by atoms with van der Waals surface area (Å²) in [4.78, 5) is 81.0. The van der Waals surface area contributed by atoms with Gasteiger partial charge in [0.05, 0.1) is 26.4 Å². The van der Waals surface area contributed by atoms with E-state index in [9.17, 15) is 43.8 Å². The van der Waals surface area contributed by atoms with Gasteiger partial charge in [-0.15, -0.1) is 0 Å². The first-order chi connectivity index (χ1) is 25.0. The van der Waals surface area contributed by atoms with Crippen molar-refractivity contribution in [1.82, 2.24) is 21.3 Å². The van der Waals surface area contributed by atoms with Crippen LogP contribution in [0.25, 0.3) is 0 Å². The van der Waals surface area contributed by atoms with Gasteiger partial charge in [-0.05, 0) is 38.5 Å². The molecular formula is C35H63N5O12. The Labute approximate surface area is 306 Å². The molecule has 0 fully saturated rings. The number of carboxylic acids is 3. The predicted octanol–water partition coefficient (Wildman–Crippen LogP) is 1.85. The van der Waals surface area contributed by atoms with Crippen molar-refractivity contribution in [1.29, 1.82) is 0 Å². The quantitative estimate of drug-likeness (QED) is 0.0426. The number of rotatable bonds is 36. The lowest BCUT2D eigenvalue weighted by Gasteiger charge is -2.15. The monoisotopic (exact) mass is 745 g/mol. The number of carbonyl (C=O) groups is 7. The van der Waals surface area contributed by atoms with Gasteiger partial charge in [0.25, 0.3) is 0 Å². The van der Waals surface area contributed by atoms with E-state index in [1.54, 1.807) is 0 Å². The van der Waals surface area contributed by atoms with Crippen molar-refractivity contribution in [3.63, 3.8) is 0 Å². The molecule has 2 unspecified atom stereocenters. The zero-order valence-corrected chi connectivity index (χ0v) is 30.6. The Hall–Kier alpha value is -3.83. The highest BCUT2D eigenvalue weighted by Gasteiger charge is 2.21. The molecule has 0 saturated heterocycles. The third-order valence-corrected chi connectivity index (χ3v) is 8.07. The van der Waals surface area contributed by atoms with Crippen molar-refractivity contribution < 1.29 is 58.4 Å². The molecule has 0 aromatic rings. The van der Waals surface area contributed by atoms with Gasteiger partial charge in [-0.2, -0.15) is 0 Å². The topological polar surface area (TPSA) is 273 Å². The van der Waals surface area contributed by atoms with Gasteiger partial charge in [-0.1, -0.05) is 64.2 Å². The summed E-state index contributed by atoms with van der Waals surface area (Å²) in [5, 5.41) is 37.5. The molecule has 52 heavy (non-hydrogen) atoms. The number of nitrogens with two attached hydrogens (primary N) is 1. The standard InChI is InChI=1S/C35H63N5O12/c36-25-31(43)37-20-14-13-15-27(34(47)48)40-32(44)26-52-24-23-51-22-21-38-29(41)19-18-28(35(49)50)39-30(42)16-11-9-7-5-3-1-2-4-6-8-10-12-17-33(45)46/h27-28H,1-26,36H2,(H,37,43)(H,38,41)(H,39,42)(H,40,44)(H,45,46)(H,47,48)(H,49,50). The Morgan fingerprint density at radius 1 is 0.481 bits per heavy atom. The van der Waals surface area contributed by atoms with Crippen molar-refractivity contribution in [2.75, 3.05) is 46.1 Å². The van der Waals surface area contributed by atoms with Crippen LogP contribution in [0.4, 0.5) is 0 Å². The Kier molecular flexibility index (Phi) is 30.6. The van der Waals surface area contributed by atoms with Crippen LogP contribution in [0.3, 0.4) is 0 Å². The summed E-state index contributed by atoms with van der Waals surface area (Å²) in [7, 11) is 0. The van der Waals surface area contributed by atoms with E-state index in [-0.39, 0.29) is 89.3 Å². The maximum absolute atomic E-state index is 12.3. The molecule has 0 radical (unpaired) electrons. The molecule has 0 spiro atoms. The first-order valence-electron chi connectivity index (χ1n) is 18.6. The molecule has 2 atom stereocenters. The third kappa shape index (κ3) is 30.9. The minimum Gasteiger partial charge on any atom is -0.481 e. The molecule has 0 aromatic heterocycles. The molecule has 9 N–H and O–H groups in total. The number of amides is 4. The van der Waals surface area contributed by atoms with Crippen LogP contribution in [0.2, 0.25) is 0 Å². The predicted molar refractivity (Wildman–Crippen MR) is 191 cm³/mol. The van der Waals surface area contributed by atoms with Gasteiger partial charge in [0.15, 0.2) is 0 Å². The van der Waals surface area contributed by atoms with Crippen LogP contribution in [-0.2, 0) is 43.0 Å². The molecule has 0 rings (SSSR count). The van der Waals surface area contributed by atoms with Crippen molar-refractivity contribution in [2.45, 2.75) is 134 Å². The zero-order valence-electron chi connectivity index (χ0n) is 30.6. The molecule has 4 amide bonds. The average molecular weight is 746 g/mol. The molecule has 17 heteroatoms. The second kappa shape index (κ2) is 33.0. The number of aliphatic carboxylic acids is 3. The number of hydrogen-bond donors (Lipinski definition) is 8. The van der Waals surface area contributed by atoms with Crippen LogP contribution in [0, 0.1) is 0 Å². The normalized spacial score (nSPS) is 12.0. The SMILES string of the molecule is NCC(=O)NCCCCC(NC(=O)COCCOCCNC(=O)CCC(NC(=O)CCCCCCCCCCCCCCC(=O)O)C(=O)O)C(=O)O. The van der Waals surface area contributed by atoms with Crippen LogP contribution in [-0.4, -0.2) is 115 Å². The molecule has 300 valence electrons. The van der Waals surface area contributed by atoms with Gasteiger partial charge >= 0.3 is 17.9 Å². The fourth-order valence-corrected chi connectivity index (χ4v) is 5.13. The Morgan fingerprint density at radius 2 is 0.981 bits per heavy atom. The molecule has 0 bridgehead atoms. The van der Waals surface area contributed by atoms with Crippen LogP contribution in [0.15, 0.2) is 0 Å². The van der Waals surface area contributed by atoms with E-state index < -0.39 is 35.9 Å². The summed E-state index contributed by atoms with van der Waals surface area (Å²) >= 11 is 0. The van der Waals surface area contributed by atoms with E-state index in [1.807, 2.05) is 0 Å². The largest absolute Gasteiger partial charge is 0.481 e. The Balaban J connectivity index is 3.87. The third-order valence-electron chi connectivity index (χ3n) is 8.07. The number of nitrogens with one attached hydrogen (secondary N) is 4. The van der Waals surface area contributed by atoms with Gasteiger partial charge in [0.2, 0.25) is 23.6 Å². The first-order valence-corrected chi connectivity index (χ1v) is 18.6. The molecular weight excluding hydrogens is 682 g/mol. The van der Waals surface area contributed by atoms with Gasteiger partial charge in [-0.3, -0.25) is 24.0 Å². The summed E-state index contributed by atoms with van der Waals surface area (Å²) in [5.41, 5.74) is 5.19. The zero-order chi connectivity index (χ0) is 38.8. The highest BCUT2D eigenvalue weighted by atomic mass is 16.5. The van der Waals surface area contributed by atoms with E-state index in [4.69, 9.17) is 20.3 Å². The second-order valence-corrected chi connectivity index (χ2v) is 12.7. The fraction of sp³-hybridized carbons (Fsp3) is 0.800. The van der Waals surface area contributed by atoms with Gasteiger partial charge in [-0.25, -0.2) is 9.59 Å². The van der Waals surface area contributed by atoms with E-state index in [1.165, 1.54) is 12.8 Å². The number of unbranched alkanes of at least 4 members (excludes halogenated alkanes) is 12. The Bertz CT molecular complexity index is 1050. The molecule has 0 aliphatic heterocycles. The highest BCUT2D eigenvalue weighted by molar-refractivity contribution is 5.85. The fourth-order valence-electron chi connectivity index (χ4n) is 5.13. The minimum absolute atomic E-state index is 0.0538.